The second-order valence-electron chi connectivity index (χ2n) is 5.83. The molecule has 1 aliphatic heterocycles. The molecule has 5 nitrogen and oxygen atoms in total. The van der Waals surface area contributed by atoms with Crippen molar-refractivity contribution in [3.8, 4) is 0 Å². The molecule has 1 fully saturated rings. The Kier molecular flexibility index (Phi) is 5.70. The first-order valence-corrected chi connectivity index (χ1v) is 7.78. The molecule has 1 aromatic heterocycles. The van der Waals surface area contributed by atoms with Gasteiger partial charge < -0.3 is 10.6 Å². The molecular weight excluding hydrogens is 264 g/mol. The number of nitrogens with two attached hydrogens (primary N) is 1. The van der Waals surface area contributed by atoms with Crippen LogP contribution < -0.4 is 5.73 Å². The van der Waals surface area contributed by atoms with Crippen molar-refractivity contribution >= 4 is 5.91 Å². The predicted octanol–water partition coefficient (Wildman–Crippen LogP) is 1.10. The molecule has 0 saturated carbocycles. The number of aromatic nitrogens is 1. The van der Waals surface area contributed by atoms with Crippen molar-refractivity contribution in [3.63, 3.8) is 0 Å². The molecule has 2 unspecified atom stereocenters. The lowest BCUT2D eigenvalue weighted by molar-refractivity contribution is -0.135. The van der Waals surface area contributed by atoms with Gasteiger partial charge in [0.15, 0.2) is 0 Å². The standard InChI is InChI=1S/C16H26N4O/c1-3-13(2)15(17)16(21)20-10-8-19(9-11-20)12-14-6-4-5-7-18-14/h4-7,13,15H,3,8-12,17H2,1-2H3. The molecule has 1 amide bonds. The number of nitrogens with zero attached hydrogens (tertiary/aromatic N) is 3. The van der Waals surface area contributed by atoms with E-state index in [2.05, 4.69) is 16.8 Å². The molecule has 21 heavy (non-hydrogen) atoms. The summed E-state index contributed by atoms with van der Waals surface area (Å²) in [6.45, 7) is 8.25. The van der Waals surface area contributed by atoms with Crippen LogP contribution in [-0.2, 0) is 11.3 Å². The molecule has 0 bridgehead atoms. The zero-order valence-electron chi connectivity index (χ0n) is 13.0. The second-order valence-corrected chi connectivity index (χ2v) is 5.83. The van der Waals surface area contributed by atoms with Gasteiger partial charge >= 0.3 is 0 Å². The Morgan fingerprint density at radius 1 is 1.33 bits per heavy atom. The molecule has 5 heteroatoms. The van der Waals surface area contributed by atoms with Crippen LogP contribution in [0.4, 0.5) is 0 Å². The van der Waals surface area contributed by atoms with E-state index in [-0.39, 0.29) is 17.9 Å². The highest BCUT2D eigenvalue weighted by Crippen LogP contribution is 2.12. The SMILES string of the molecule is CCC(C)C(N)C(=O)N1CCN(Cc2ccccn2)CC1. The maximum absolute atomic E-state index is 12.3. The third kappa shape index (κ3) is 4.25. The van der Waals surface area contributed by atoms with Crippen LogP contribution in [0.3, 0.4) is 0 Å². The minimum absolute atomic E-state index is 0.0989. The minimum Gasteiger partial charge on any atom is -0.339 e. The van der Waals surface area contributed by atoms with Crippen LogP contribution in [-0.4, -0.2) is 52.9 Å². The summed E-state index contributed by atoms with van der Waals surface area (Å²) < 4.78 is 0. The van der Waals surface area contributed by atoms with Gasteiger partial charge in [-0.3, -0.25) is 14.7 Å². The van der Waals surface area contributed by atoms with Crippen molar-refractivity contribution in [2.75, 3.05) is 26.2 Å². The second kappa shape index (κ2) is 7.52. The smallest absolute Gasteiger partial charge is 0.239 e. The Hall–Kier alpha value is -1.46. The molecule has 2 heterocycles. The van der Waals surface area contributed by atoms with Gasteiger partial charge in [-0.25, -0.2) is 0 Å². The number of carbonyl (C=O) groups is 1. The summed E-state index contributed by atoms with van der Waals surface area (Å²) in [6.07, 6.45) is 2.76. The zero-order valence-corrected chi connectivity index (χ0v) is 13.0. The van der Waals surface area contributed by atoms with Gasteiger partial charge in [-0.05, 0) is 18.1 Å². The van der Waals surface area contributed by atoms with Crippen molar-refractivity contribution in [1.29, 1.82) is 0 Å². The van der Waals surface area contributed by atoms with E-state index in [4.69, 9.17) is 5.73 Å². The highest BCUT2D eigenvalue weighted by Gasteiger charge is 2.27. The third-order valence-electron chi connectivity index (χ3n) is 4.34. The predicted molar refractivity (Wildman–Crippen MR) is 83.5 cm³/mol. The maximum atomic E-state index is 12.3. The first-order valence-electron chi connectivity index (χ1n) is 7.78. The molecule has 0 radical (unpaired) electrons. The lowest BCUT2D eigenvalue weighted by atomic mass is 9.98. The van der Waals surface area contributed by atoms with Crippen LogP contribution in [0, 0.1) is 5.92 Å². The van der Waals surface area contributed by atoms with E-state index in [9.17, 15) is 4.79 Å². The van der Waals surface area contributed by atoms with Crippen molar-refractivity contribution < 1.29 is 4.79 Å². The summed E-state index contributed by atoms with van der Waals surface area (Å²) in [5, 5.41) is 0. The van der Waals surface area contributed by atoms with Crippen LogP contribution in [0.15, 0.2) is 24.4 Å². The molecular formula is C16H26N4O. The van der Waals surface area contributed by atoms with E-state index in [0.29, 0.717) is 0 Å². The van der Waals surface area contributed by atoms with Crippen LogP contribution >= 0.6 is 0 Å². The fraction of sp³-hybridized carbons (Fsp3) is 0.625. The summed E-state index contributed by atoms with van der Waals surface area (Å²) >= 11 is 0. The van der Waals surface area contributed by atoms with Crippen LogP contribution in [0.1, 0.15) is 26.0 Å². The molecule has 1 saturated heterocycles. The Bertz CT molecular complexity index is 443. The summed E-state index contributed by atoms with van der Waals surface area (Å²) in [5.41, 5.74) is 7.12. The largest absolute Gasteiger partial charge is 0.339 e. The van der Waals surface area contributed by atoms with E-state index in [1.54, 1.807) is 0 Å². The maximum Gasteiger partial charge on any atom is 0.239 e. The first kappa shape index (κ1) is 15.9. The molecule has 1 aliphatic rings. The van der Waals surface area contributed by atoms with E-state index in [1.165, 1.54) is 0 Å². The van der Waals surface area contributed by atoms with Crippen molar-refractivity contribution in [1.82, 2.24) is 14.8 Å². The monoisotopic (exact) mass is 290 g/mol. The molecule has 1 aromatic rings. The highest BCUT2D eigenvalue weighted by molar-refractivity contribution is 5.82. The normalized spacial score (nSPS) is 19.3. The Morgan fingerprint density at radius 2 is 2.05 bits per heavy atom. The van der Waals surface area contributed by atoms with Gasteiger partial charge in [-0.2, -0.15) is 0 Å². The van der Waals surface area contributed by atoms with Gasteiger partial charge in [-0.1, -0.05) is 26.3 Å². The lowest BCUT2D eigenvalue weighted by Crippen LogP contribution is -2.54. The third-order valence-corrected chi connectivity index (χ3v) is 4.34. The summed E-state index contributed by atoms with van der Waals surface area (Å²) in [5.74, 6) is 0.339. The van der Waals surface area contributed by atoms with Gasteiger partial charge in [0, 0.05) is 38.9 Å². The lowest BCUT2D eigenvalue weighted by Gasteiger charge is -2.36. The molecule has 2 atom stereocenters. The summed E-state index contributed by atoms with van der Waals surface area (Å²) in [6, 6.07) is 5.61. The topological polar surface area (TPSA) is 62.5 Å². The van der Waals surface area contributed by atoms with Gasteiger partial charge in [0.2, 0.25) is 5.91 Å². The Balaban J connectivity index is 1.81. The molecule has 0 aliphatic carbocycles. The fourth-order valence-electron chi connectivity index (χ4n) is 2.56. The average Bonchev–Trinajstić information content (AvgIpc) is 2.54. The number of rotatable bonds is 5. The summed E-state index contributed by atoms with van der Waals surface area (Å²) in [7, 11) is 0. The van der Waals surface area contributed by atoms with Gasteiger partial charge in [0.05, 0.1) is 11.7 Å². The van der Waals surface area contributed by atoms with Crippen LogP contribution in [0.2, 0.25) is 0 Å². The minimum atomic E-state index is -0.364. The number of pyridine rings is 1. The fourth-order valence-corrected chi connectivity index (χ4v) is 2.56. The van der Waals surface area contributed by atoms with E-state index >= 15 is 0 Å². The van der Waals surface area contributed by atoms with E-state index in [0.717, 1.165) is 44.8 Å². The van der Waals surface area contributed by atoms with Gasteiger partial charge in [0.1, 0.15) is 0 Å². The Morgan fingerprint density at radius 3 is 2.62 bits per heavy atom. The molecule has 0 aromatic carbocycles. The Labute approximate surface area is 127 Å². The number of hydrogen-bond acceptors (Lipinski definition) is 4. The van der Waals surface area contributed by atoms with Crippen molar-refractivity contribution in [2.24, 2.45) is 11.7 Å². The van der Waals surface area contributed by atoms with Crippen LogP contribution in [0.25, 0.3) is 0 Å². The number of hydrogen-bond donors (Lipinski definition) is 1. The molecule has 2 rings (SSSR count). The van der Waals surface area contributed by atoms with E-state index in [1.807, 2.05) is 36.2 Å². The number of amides is 1. The quantitative estimate of drug-likeness (QED) is 0.882. The first-order chi connectivity index (χ1) is 10.1. The van der Waals surface area contributed by atoms with Crippen LogP contribution in [0.5, 0.6) is 0 Å². The summed E-state index contributed by atoms with van der Waals surface area (Å²) in [4.78, 5) is 20.9. The van der Waals surface area contributed by atoms with Gasteiger partial charge in [-0.15, -0.1) is 0 Å². The van der Waals surface area contributed by atoms with Gasteiger partial charge in [0.25, 0.3) is 0 Å². The number of carbonyl (C=O) groups excluding carboxylic acids is 1. The average molecular weight is 290 g/mol. The molecule has 116 valence electrons. The van der Waals surface area contributed by atoms with Crippen molar-refractivity contribution in [2.45, 2.75) is 32.9 Å². The molecule has 2 N–H and O–H groups in total. The van der Waals surface area contributed by atoms with Crippen molar-refractivity contribution in [3.05, 3.63) is 30.1 Å². The highest BCUT2D eigenvalue weighted by atomic mass is 16.2. The number of piperazine rings is 1. The van der Waals surface area contributed by atoms with E-state index < -0.39 is 0 Å². The molecule has 0 spiro atoms. The zero-order chi connectivity index (χ0) is 15.2.